The SMILES string of the molecule is Cc1c(C(=O)N2CCC(C(C)(C)C#N)CC2)cnn1-c1nn2cccc2c(=O)[nH]1. The van der Waals surface area contributed by atoms with Crippen LogP contribution in [0.4, 0.5) is 0 Å². The van der Waals surface area contributed by atoms with Crippen molar-refractivity contribution in [1.82, 2.24) is 29.3 Å². The van der Waals surface area contributed by atoms with Gasteiger partial charge in [-0.1, -0.05) is 0 Å². The second kappa shape index (κ2) is 6.88. The van der Waals surface area contributed by atoms with E-state index in [2.05, 4.69) is 21.3 Å². The lowest BCUT2D eigenvalue weighted by atomic mass is 9.75. The third kappa shape index (κ3) is 3.20. The number of carbonyl (C=O) groups excluding carboxylic acids is 1. The first-order valence-corrected chi connectivity index (χ1v) is 9.65. The van der Waals surface area contributed by atoms with Crippen LogP contribution in [-0.4, -0.2) is 48.3 Å². The van der Waals surface area contributed by atoms with Crippen LogP contribution < -0.4 is 5.56 Å². The Hall–Kier alpha value is -3.41. The van der Waals surface area contributed by atoms with Crippen molar-refractivity contribution in [3.8, 4) is 12.0 Å². The fraction of sp³-hybridized carbons (Fsp3) is 0.450. The summed E-state index contributed by atoms with van der Waals surface area (Å²) < 4.78 is 2.96. The number of nitrogens with zero attached hydrogens (tertiary/aromatic N) is 6. The minimum absolute atomic E-state index is 0.0913. The monoisotopic (exact) mass is 393 g/mol. The van der Waals surface area contributed by atoms with Crippen molar-refractivity contribution >= 4 is 11.4 Å². The number of rotatable bonds is 3. The predicted molar refractivity (Wildman–Crippen MR) is 106 cm³/mol. The van der Waals surface area contributed by atoms with E-state index in [1.54, 1.807) is 25.3 Å². The van der Waals surface area contributed by atoms with E-state index < -0.39 is 0 Å². The fourth-order valence-electron chi connectivity index (χ4n) is 3.93. The number of nitrogens with one attached hydrogen (secondary N) is 1. The minimum atomic E-state index is -0.384. The molecule has 0 bridgehead atoms. The molecule has 1 fully saturated rings. The highest BCUT2D eigenvalue weighted by Gasteiger charge is 2.34. The highest BCUT2D eigenvalue weighted by molar-refractivity contribution is 5.95. The summed E-state index contributed by atoms with van der Waals surface area (Å²) in [5.41, 5.74) is 0.885. The Morgan fingerprint density at radius 3 is 2.76 bits per heavy atom. The van der Waals surface area contributed by atoms with Crippen LogP contribution in [0.15, 0.2) is 29.3 Å². The van der Waals surface area contributed by atoms with E-state index >= 15 is 0 Å². The van der Waals surface area contributed by atoms with E-state index in [1.807, 2.05) is 18.7 Å². The summed E-state index contributed by atoms with van der Waals surface area (Å²) >= 11 is 0. The average molecular weight is 393 g/mol. The zero-order valence-electron chi connectivity index (χ0n) is 16.7. The number of hydrogen-bond acceptors (Lipinski definition) is 5. The Morgan fingerprint density at radius 2 is 2.07 bits per heavy atom. The van der Waals surface area contributed by atoms with Crippen LogP contribution in [0, 0.1) is 29.6 Å². The van der Waals surface area contributed by atoms with Gasteiger partial charge in [-0.05, 0) is 51.7 Å². The van der Waals surface area contributed by atoms with Gasteiger partial charge in [0, 0.05) is 19.3 Å². The maximum absolute atomic E-state index is 13.0. The molecule has 29 heavy (non-hydrogen) atoms. The van der Waals surface area contributed by atoms with Gasteiger partial charge in [0.2, 0.25) is 5.95 Å². The highest BCUT2D eigenvalue weighted by Crippen LogP contribution is 2.34. The molecule has 4 rings (SSSR count). The molecule has 1 amide bonds. The van der Waals surface area contributed by atoms with Gasteiger partial charge in [-0.2, -0.15) is 10.4 Å². The van der Waals surface area contributed by atoms with Gasteiger partial charge in [-0.15, -0.1) is 5.10 Å². The molecule has 3 aromatic heterocycles. The lowest BCUT2D eigenvalue weighted by molar-refractivity contribution is 0.0637. The summed E-state index contributed by atoms with van der Waals surface area (Å²) in [6.07, 6.45) is 4.81. The Balaban J connectivity index is 1.56. The van der Waals surface area contributed by atoms with Crippen LogP contribution in [0.25, 0.3) is 11.5 Å². The van der Waals surface area contributed by atoms with E-state index in [4.69, 9.17) is 0 Å². The Bertz CT molecular complexity index is 1170. The molecule has 0 aromatic carbocycles. The Morgan fingerprint density at radius 1 is 1.34 bits per heavy atom. The summed E-state index contributed by atoms with van der Waals surface area (Å²) in [5.74, 6) is 0.444. The molecule has 1 aliphatic rings. The summed E-state index contributed by atoms with van der Waals surface area (Å²) in [7, 11) is 0. The summed E-state index contributed by atoms with van der Waals surface area (Å²) in [5, 5.41) is 18.0. The number of hydrogen-bond donors (Lipinski definition) is 1. The van der Waals surface area contributed by atoms with Crippen LogP contribution in [0.2, 0.25) is 0 Å². The largest absolute Gasteiger partial charge is 0.339 e. The fourth-order valence-corrected chi connectivity index (χ4v) is 3.93. The van der Waals surface area contributed by atoms with Gasteiger partial charge in [-0.25, -0.2) is 9.20 Å². The molecule has 0 radical (unpaired) electrons. The topological polar surface area (TPSA) is 112 Å². The summed E-state index contributed by atoms with van der Waals surface area (Å²) in [6, 6.07) is 5.80. The minimum Gasteiger partial charge on any atom is -0.339 e. The van der Waals surface area contributed by atoms with Crippen molar-refractivity contribution < 1.29 is 4.79 Å². The van der Waals surface area contributed by atoms with Gasteiger partial charge in [-0.3, -0.25) is 14.6 Å². The first kappa shape index (κ1) is 18.9. The first-order chi connectivity index (χ1) is 13.8. The molecule has 4 heterocycles. The number of amides is 1. The standard InChI is InChI=1S/C20H23N7O2/c1-13-15(18(29)25-9-6-14(7-10-25)20(2,3)12-21)11-22-27(13)19-23-17(28)16-5-4-8-26(16)24-19/h4-5,8,11,14H,6-7,9-10H2,1-3H3,(H,23,24,28). The number of H-pyrrole nitrogens is 1. The molecular formula is C20H23N7O2. The predicted octanol–water partition coefficient (Wildman–Crippen LogP) is 1.92. The second-order valence-corrected chi connectivity index (χ2v) is 8.07. The van der Waals surface area contributed by atoms with Crippen LogP contribution in [-0.2, 0) is 0 Å². The first-order valence-electron chi connectivity index (χ1n) is 9.65. The van der Waals surface area contributed by atoms with Crippen molar-refractivity contribution in [2.75, 3.05) is 13.1 Å². The van der Waals surface area contributed by atoms with Crippen LogP contribution in [0.1, 0.15) is 42.7 Å². The number of aromatic nitrogens is 5. The van der Waals surface area contributed by atoms with Gasteiger partial charge in [0.15, 0.2) is 0 Å². The van der Waals surface area contributed by atoms with Crippen LogP contribution in [0.3, 0.4) is 0 Å². The molecule has 9 heteroatoms. The molecule has 1 saturated heterocycles. The summed E-state index contributed by atoms with van der Waals surface area (Å²) in [4.78, 5) is 29.8. The molecule has 1 aliphatic heterocycles. The van der Waals surface area contributed by atoms with Crippen molar-refractivity contribution in [1.29, 1.82) is 5.26 Å². The smallest absolute Gasteiger partial charge is 0.276 e. The lowest BCUT2D eigenvalue weighted by Gasteiger charge is -2.37. The van der Waals surface area contributed by atoms with Gasteiger partial charge in [0.1, 0.15) is 5.52 Å². The lowest BCUT2D eigenvalue weighted by Crippen LogP contribution is -2.41. The molecule has 0 atom stereocenters. The second-order valence-electron chi connectivity index (χ2n) is 8.07. The van der Waals surface area contributed by atoms with Crippen molar-refractivity contribution in [2.45, 2.75) is 33.6 Å². The number of piperidine rings is 1. The molecule has 0 spiro atoms. The normalized spacial score (nSPS) is 15.6. The number of nitriles is 1. The molecule has 3 aromatic rings. The molecule has 150 valence electrons. The average Bonchev–Trinajstić information content (AvgIpc) is 3.34. The maximum Gasteiger partial charge on any atom is 0.276 e. The molecule has 0 saturated carbocycles. The molecule has 0 unspecified atom stereocenters. The molecule has 0 aliphatic carbocycles. The van der Waals surface area contributed by atoms with Gasteiger partial charge in [0.05, 0.1) is 28.9 Å². The van der Waals surface area contributed by atoms with Crippen LogP contribution >= 0.6 is 0 Å². The third-order valence-electron chi connectivity index (χ3n) is 5.92. The Labute approximate surface area is 167 Å². The van der Waals surface area contributed by atoms with Crippen molar-refractivity contribution in [3.63, 3.8) is 0 Å². The molecule has 9 nitrogen and oxygen atoms in total. The molecule has 1 N–H and O–H groups in total. The van der Waals surface area contributed by atoms with E-state index in [0.717, 1.165) is 12.8 Å². The van der Waals surface area contributed by atoms with Gasteiger partial charge in [0.25, 0.3) is 11.5 Å². The van der Waals surface area contributed by atoms with E-state index in [0.29, 0.717) is 29.9 Å². The van der Waals surface area contributed by atoms with Crippen LogP contribution in [0.5, 0.6) is 0 Å². The van der Waals surface area contributed by atoms with E-state index in [9.17, 15) is 14.9 Å². The number of carbonyl (C=O) groups is 1. The van der Waals surface area contributed by atoms with E-state index in [1.165, 1.54) is 15.4 Å². The summed E-state index contributed by atoms with van der Waals surface area (Å²) in [6.45, 7) is 6.93. The number of likely N-dealkylation sites (tertiary alicyclic amines) is 1. The van der Waals surface area contributed by atoms with Gasteiger partial charge >= 0.3 is 0 Å². The quantitative estimate of drug-likeness (QED) is 0.730. The van der Waals surface area contributed by atoms with E-state index in [-0.39, 0.29) is 28.7 Å². The third-order valence-corrected chi connectivity index (χ3v) is 5.92. The zero-order valence-corrected chi connectivity index (χ0v) is 16.7. The Kier molecular flexibility index (Phi) is 4.49. The number of aromatic amines is 1. The zero-order chi connectivity index (χ0) is 20.8. The molecular weight excluding hydrogens is 370 g/mol. The maximum atomic E-state index is 13.0. The number of fused-ring (bicyclic) bond motifs is 1. The van der Waals surface area contributed by atoms with Gasteiger partial charge < -0.3 is 4.90 Å². The highest BCUT2D eigenvalue weighted by atomic mass is 16.2. The van der Waals surface area contributed by atoms with Crippen molar-refractivity contribution in [3.05, 3.63) is 46.1 Å². The van der Waals surface area contributed by atoms with Crippen molar-refractivity contribution in [2.24, 2.45) is 11.3 Å².